The Hall–Kier alpha value is -7.10. The van der Waals surface area contributed by atoms with Gasteiger partial charge >= 0.3 is 0 Å². The zero-order valence-electron chi connectivity index (χ0n) is 36.4. The lowest BCUT2D eigenvalue weighted by Gasteiger charge is -2.34. The summed E-state index contributed by atoms with van der Waals surface area (Å²) in [5.41, 5.74) is 20.1. The van der Waals surface area contributed by atoms with Gasteiger partial charge in [-0.25, -0.2) is 0 Å². The highest BCUT2D eigenvalue weighted by Gasteiger charge is 2.43. The number of hydrogen-bond donors (Lipinski definition) is 0. The molecule has 1 aliphatic carbocycles. The van der Waals surface area contributed by atoms with Crippen LogP contribution in [-0.4, -0.2) is 15.8 Å². The van der Waals surface area contributed by atoms with Crippen molar-refractivity contribution in [3.8, 4) is 33.6 Å². The second-order valence-corrected chi connectivity index (χ2v) is 20.8. The average Bonchev–Trinajstić information content (AvgIpc) is 3.93. The van der Waals surface area contributed by atoms with E-state index in [-0.39, 0.29) is 17.5 Å². The standard InChI is InChI=1S/C60H43BN2/c1-59(2,3)32-25-26-48-42(27-32)45-28-33(60(4,5)6)29-46-57(45)62(48)49-23-14-24-50-56(49)61(46)47-30-43-37-18-9-7-15-34(37)35-16-11-12-20-40(35)53(43)55-54-41-22-13-21-39-36-17-8-10-19-38(36)44(52(39)41)31-51(54)63(50)58(47)55/h7-31H,1-6H3. The smallest absolute Gasteiger partial charge is 0.252 e. The van der Waals surface area contributed by atoms with Crippen molar-refractivity contribution in [1.29, 1.82) is 0 Å². The van der Waals surface area contributed by atoms with E-state index in [0.29, 0.717) is 0 Å². The van der Waals surface area contributed by atoms with Crippen molar-refractivity contribution in [1.82, 2.24) is 9.13 Å². The summed E-state index contributed by atoms with van der Waals surface area (Å²) in [7, 11) is 0. The number of aromatic nitrogens is 2. The van der Waals surface area contributed by atoms with Crippen LogP contribution in [0.25, 0.3) is 120 Å². The van der Waals surface area contributed by atoms with E-state index in [1.54, 1.807) is 0 Å². The summed E-state index contributed by atoms with van der Waals surface area (Å²) in [6.45, 7) is 14.2. The molecule has 0 radical (unpaired) electrons. The van der Waals surface area contributed by atoms with Crippen LogP contribution < -0.4 is 16.4 Å². The highest BCUT2D eigenvalue weighted by Crippen LogP contribution is 2.53. The first-order valence-electron chi connectivity index (χ1n) is 22.7. The fraction of sp³-hybridized carbons (Fsp3) is 0.133. The van der Waals surface area contributed by atoms with Crippen molar-refractivity contribution in [3.05, 3.63) is 163 Å². The second-order valence-electron chi connectivity index (χ2n) is 20.8. The molecule has 0 amide bonds. The van der Waals surface area contributed by atoms with E-state index >= 15 is 0 Å². The number of hydrogen-bond acceptors (Lipinski definition) is 0. The summed E-state index contributed by atoms with van der Waals surface area (Å²) in [6, 6.07) is 59.1. The summed E-state index contributed by atoms with van der Waals surface area (Å²) in [5, 5.41) is 16.1. The molecule has 0 unspecified atom stereocenters. The molecule has 10 aromatic carbocycles. The summed E-state index contributed by atoms with van der Waals surface area (Å²) in [6.07, 6.45) is 0. The van der Waals surface area contributed by atoms with Crippen LogP contribution in [0.2, 0.25) is 0 Å². The Morgan fingerprint density at radius 2 is 0.921 bits per heavy atom. The predicted octanol–water partition coefficient (Wildman–Crippen LogP) is 13.9. The molecule has 2 nitrogen and oxygen atoms in total. The molecule has 15 rings (SSSR count). The Morgan fingerprint density at radius 1 is 0.349 bits per heavy atom. The lowest BCUT2D eigenvalue weighted by atomic mass is 9.34. The first-order chi connectivity index (χ1) is 30.6. The maximum absolute atomic E-state index is 2.70. The van der Waals surface area contributed by atoms with Gasteiger partial charge in [0, 0.05) is 43.8 Å². The topological polar surface area (TPSA) is 9.86 Å². The normalized spacial score (nSPS) is 13.8. The molecule has 0 spiro atoms. The van der Waals surface area contributed by atoms with Gasteiger partial charge in [-0.1, -0.05) is 157 Å². The van der Waals surface area contributed by atoms with Crippen molar-refractivity contribution in [3.63, 3.8) is 0 Å². The van der Waals surface area contributed by atoms with E-state index in [9.17, 15) is 0 Å². The van der Waals surface area contributed by atoms with E-state index in [2.05, 4.69) is 202 Å². The van der Waals surface area contributed by atoms with Gasteiger partial charge in [0.15, 0.2) is 0 Å². The van der Waals surface area contributed by atoms with Gasteiger partial charge in [-0.2, -0.15) is 0 Å². The van der Waals surface area contributed by atoms with Crippen LogP contribution in [0.3, 0.4) is 0 Å². The lowest BCUT2D eigenvalue weighted by Crippen LogP contribution is -2.59. The van der Waals surface area contributed by atoms with Gasteiger partial charge in [-0.15, -0.1) is 0 Å². The van der Waals surface area contributed by atoms with Gasteiger partial charge in [-0.3, -0.25) is 0 Å². The molecule has 2 aliphatic heterocycles. The van der Waals surface area contributed by atoms with E-state index in [0.717, 1.165) is 0 Å². The first kappa shape index (κ1) is 34.5. The summed E-state index contributed by atoms with van der Waals surface area (Å²) >= 11 is 0. The molecule has 0 atom stereocenters. The van der Waals surface area contributed by atoms with Gasteiger partial charge in [0.25, 0.3) is 6.71 Å². The summed E-state index contributed by atoms with van der Waals surface area (Å²) in [5.74, 6) is 0. The number of rotatable bonds is 0. The summed E-state index contributed by atoms with van der Waals surface area (Å²) in [4.78, 5) is 0. The Kier molecular flexibility index (Phi) is 6.07. The van der Waals surface area contributed by atoms with Crippen LogP contribution in [0.15, 0.2) is 152 Å². The van der Waals surface area contributed by atoms with Crippen molar-refractivity contribution in [2.45, 2.75) is 52.4 Å². The highest BCUT2D eigenvalue weighted by molar-refractivity contribution is 7.00. The monoisotopic (exact) mass is 802 g/mol. The summed E-state index contributed by atoms with van der Waals surface area (Å²) < 4.78 is 5.32. The van der Waals surface area contributed by atoms with E-state index < -0.39 is 0 Å². The maximum Gasteiger partial charge on any atom is 0.252 e. The largest absolute Gasteiger partial charge is 0.310 e. The molecule has 0 bridgehead atoms. The first-order valence-corrected chi connectivity index (χ1v) is 22.7. The lowest BCUT2D eigenvalue weighted by molar-refractivity contribution is 0.590. The van der Waals surface area contributed by atoms with Crippen molar-refractivity contribution in [2.75, 3.05) is 0 Å². The number of nitrogens with zero attached hydrogens (tertiary/aromatic N) is 2. The highest BCUT2D eigenvalue weighted by atomic mass is 15.0. The SMILES string of the molecule is CC(C)(C)c1ccc2c(c1)c1cc(C(C)(C)C)cc3c1n2-c1cccc2c1B3c1cc3c4ccccc4c4ccccc4c3c3c4c5cccc6c5c(cc4n-2c13)-c1ccccc1-6. The van der Waals surface area contributed by atoms with Gasteiger partial charge in [0.05, 0.1) is 16.6 Å². The van der Waals surface area contributed by atoms with Gasteiger partial charge < -0.3 is 9.13 Å². The minimum atomic E-state index is -0.0466. The Labute approximate surface area is 366 Å². The molecule has 4 heterocycles. The quantitative estimate of drug-likeness (QED) is 0.107. The molecule has 0 N–H and O–H groups in total. The van der Waals surface area contributed by atoms with Crippen LogP contribution in [0.4, 0.5) is 0 Å². The molecule has 2 aromatic heterocycles. The Morgan fingerprint density at radius 3 is 1.65 bits per heavy atom. The fourth-order valence-electron chi connectivity index (χ4n) is 12.7. The van der Waals surface area contributed by atoms with E-state index in [1.165, 1.54) is 148 Å². The van der Waals surface area contributed by atoms with E-state index in [1.807, 2.05) is 0 Å². The minimum absolute atomic E-state index is 0.0313. The van der Waals surface area contributed by atoms with Crippen molar-refractivity contribution >= 4 is 110 Å². The molecule has 63 heavy (non-hydrogen) atoms. The third-order valence-corrected chi connectivity index (χ3v) is 15.5. The molecule has 3 heteroatoms. The molecular weight excluding hydrogens is 759 g/mol. The van der Waals surface area contributed by atoms with Gasteiger partial charge in [0.2, 0.25) is 0 Å². The average molecular weight is 803 g/mol. The Bertz CT molecular complexity index is 4160. The van der Waals surface area contributed by atoms with Crippen LogP contribution in [0.5, 0.6) is 0 Å². The predicted molar refractivity (Wildman–Crippen MR) is 272 cm³/mol. The third-order valence-electron chi connectivity index (χ3n) is 15.5. The van der Waals surface area contributed by atoms with Crippen LogP contribution in [0, 0.1) is 0 Å². The second kappa shape index (κ2) is 11.1. The molecular formula is C60H43BN2. The molecule has 0 saturated heterocycles. The molecule has 3 aliphatic rings. The van der Waals surface area contributed by atoms with Gasteiger partial charge in [-0.05, 0) is 135 Å². The van der Waals surface area contributed by atoms with Crippen LogP contribution in [0.1, 0.15) is 52.7 Å². The van der Waals surface area contributed by atoms with E-state index in [4.69, 9.17) is 0 Å². The van der Waals surface area contributed by atoms with Crippen molar-refractivity contribution in [2.24, 2.45) is 0 Å². The maximum atomic E-state index is 2.70. The molecule has 0 fully saturated rings. The van der Waals surface area contributed by atoms with Crippen molar-refractivity contribution < 1.29 is 0 Å². The zero-order valence-corrected chi connectivity index (χ0v) is 36.4. The number of fused-ring (bicyclic) bond motifs is 21. The third kappa shape index (κ3) is 4.05. The minimum Gasteiger partial charge on any atom is -0.310 e. The Balaban J connectivity index is 1.22. The van der Waals surface area contributed by atoms with Crippen LogP contribution in [-0.2, 0) is 10.8 Å². The number of benzene rings is 10. The molecule has 12 aromatic rings. The molecule has 0 saturated carbocycles. The van der Waals surface area contributed by atoms with Gasteiger partial charge in [0.1, 0.15) is 0 Å². The fourth-order valence-corrected chi connectivity index (χ4v) is 12.7. The zero-order chi connectivity index (χ0) is 42.0. The van der Waals surface area contributed by atoms with Crippen LogP contribution >= 0.6 is 0 Å². The molecule has 296 valence electrons.